The van der Waals surface area contributed by atoms with Gasteiger partial charge in [-0.1, -0.05) is 0 Å². The van der Waals surface area contributed by atoms with E-state index in [2.05, 4.69) is 21.0 Å². The molecule has 8 heteroatoms. The molecule has 1 N–H and O–H groups in total. The smallest absolute Gasteiger partial charge is 0.244 e. The van der Waals surface area contributed by atoms with Gasteiger partial charge in [0.1, 0.15) is 16.4 Å². The predicted octanol–water partition coefficient (Wildman–Crippen LogP) is 2.59. The normalized spacial score (nSPS) is 16.7. The molecule has 3 aromatic rings. The SMILES string of the molecule is CN(C)c1ccc(S(=O)(=O)N2CCC(c3c[nH]c4ncccc34)CC2)cn1. The number of hydrogen-bond donors (Lipinski definition) is 1. The fourth-order valence-electron chi connectivity index (χ4n) is 3.66. The Morgan fingerprint density at radius 2 is 1.93 bits per heavy atom. The highest BCUT2D eigenvalue weighted by atomic mass is 32.2. The Hall–Kier alpha value is -2.45. The molecule has 3 aromatic heterocycles. The van der Waals surface area contributed by atoms with Gasteiger partial charge >= 0.3 is 0 Å². The number of sulfonamides is 1. The third kappa shape index (κ3) is 3.30. The molecular weight excluding hydrogens is 362 g/mol. The Labute approximate surface area is 159 Å². The van der Waals surface area contributed by atoms with Gasteiger partial charge in [0.2, 0.25) is 10.0 Å². The Kier molecular flexibility index (Phi) is 4.61. The molecule has 0 bridgehead atoms. The zero-order valence-electron chi connectivity index (χ0n) is 15.5. The quantitative estimate of drug-likeness (QED) is 0.746. The lowest BCUT2D eigenvalue weighted by molar-refractivity contribution is 0.320. The van der Waals surface area contributed by atoms with Crippen molar-refractivity contribution < 1.29 is 8.42 Å². The maximum Gasteiger partial charge on any atom is 0.244 e. The molecule has 0 radical (unpaired) electrons. The fraction of sp³-hybridized carbons (Fsp3) is 0.368. The number of pyridine rings is 2. The van der Waals surface area contributed by atoms with Crippen molar-refractivity contribution in [3.8, 4) is 0 Å². The summed E-state index contributed by atoms with van der Waals surface area (Å²) in [7, 11) is 0.246. The van der Waals surface area contributed by atoms with Crippen molar-refractivity contribution in [2.24, 2.45) is 0 Å². The van der Waals surface area contributed by atoms with E-state index in [4.69, 9.17) is 0 Å². The van der Waals surface area contributed by atoms with Crippen LogP contribution in [0.25, 0.3) is 11.0 Å². The molecule has 1 aliphatic rings. The first-order chi connectivity index (χ1) is 13.0. The van der Waals surface area contributed by atoms with E-state index in [0.717, 1.165) is 29.7 Å². The van der Waals surface area contributed by atoms with E-state index < -0.39 is 10.0 Å². The molecule has 0 spiro atoms. The molecule has 0 aliphatic carbocycles. The summed E-state index contributed by atoms with van der Waals surface area (Å²) in [6.45, 7) is 1.02. The van der Waals surface area contributed by atoms with Gasteiger partial charge < -0.3 is 9.88 Å². The van der Waals surface area contributed by atoms with E-state index in [1.54, 1.807) is 22.6 Å². The lowest BCUT2D eigenvalue weighted by atomic mass is 9.90. The Balaban J connectivity index is 1.49. The van der Waals surface area contributed by atoms with Crippen LogP contribution in [0.5, 0.6) is 0 Å². The molecule has 142 valence electrons. The van der Waals surface area contributed by atoms with Gasteiger partial charge in [-0.3, -0.25) is 0 Å². The highest BCUT2D eigenvalue weighted by Crippen LogP contribution is 2.34. The fourth-order valence-corrected chi connectivity index (χ4v) is 5.08. The molecule has 7 nitrogen and oxygen atoms in total. The number of anilines is 1. The van der Waals surface area contributed by atoms with Gasteiger partial charge in [-0.15, -0.1) is 0 Å². The highest BCUT2D eigenvalue weighted by Gasteiger charge is 2.31. The van der Waals surface area contributed by atoms with Crippen molar-refractivity contribution in [2.75, 3.05) is 32.1 Å². The van der Waals surface area contributed by atoms with Gasteiger partial charge in [0.25, 0.3) is 0 Å². The number of fused-ring (bicyclic) bond motifs is 1. The molecule has 1 aliphatic heterocycles. The monoisotopic (exact) mass is 385 g/mol. The van der Waals surface area contributed by atoms with E-state index in [1.807, 2.05) is 31.3 Å². The summed E-state index contributed by atoms with van der Waals surface area (Å²) in [6.07, 6.45) is 6.82. The van der Waals surface area contributed by atoms with Crippen molar-refractivity contribution >= 4 is 26.9 Å². The van der Waals surface area contributed by atoms with Crippen LogP contribution >= 0.6 is 0 Å². The first kappa shape index (κ1) is 17.9. The van der Waals surface area contributed by atoms with E-state index in [1.165, 1.54) is 11.8 Å². The first-order valence-electron chi connectivity index (χ1n) is 9.02. The second-order valence-electron chi connectivity index (χ2n) is 7.07. The number of piperidine rings is 1. The molecule has 0 aromatic carbocycles. The van der Waals surface area contributed by atoms with Crippen LogP contribution in [-0.4, -0.2) is 54.9 Å². The molecule has 0 amide bonds. The maximum atomic E-state index is 12.9. The van der Waals surface area contributed by atoms with Crippen LogP contribution in [-0.2, 0) is 10.0 Å². The van der Waals surface area contributed by atoms with Crippen molar-refractivity contribution in [1.82, 2.24) is 19.3 Å². The van der Waals surface area contributed by atoms with Gasteiger partial charge in [0, 0.05) is 51.2 Å². The minimum atomic E-state index is -3.51. The largest absolute Gasteiger partial charge is 0.363 e. The lowest BCUT2D eigenvalue weighted by Crippen LogP contribution is -2.37. The number of rotatable bonds is 4. The van der Waals surface area contributed by atoms with Crippen molar-refractivity contribution in [2.45, 2.75) is 23.7 Å². The van der Waals surface area contributed by atoms with Crippen LogP contribution in [0, 0.1) is 0 Å². The average molecular weight is 385 g/mol. The Morgan fingerprint density at radius 3 is 2.59 bits per heavy atom. The molecule has 0 atom stereocenters. The summed E-state index contributed by atoms with van der Waals surface area (Å²) in [4.78, 5) is 13.9. The number of H-pyrrole nitrogens is 1. The summed E-state index contributed by atoms with van der Waals surface area (Å²) in [5.41, 5.74) is 2.11. The molecule has 4 rings (SSSR count). The summed E-state index contributed by atoms with van der Waals surface area (Å²) < 4.78 is 27.4. The van der Waals surface area contributed by atoms with Gasteiger partial charge in [0.05, 0.1) is 0 Å². The minimum Gasteiger partial charge on any atom is -0.363 e. The second kappa shape index (κ2) is 6.94. The number of aromatic nitrogens is 3. The van der Waals surface area contributed by atoms with Crippen LogP contribution in [0.4, 0.5) is 5.82 Å². The lowest BCUT2D eigenvalue weighted by Gasteiger charge is -2.31. The zero-order chi connectivity index (χ0) is 19.0. The number of nitrogens with one attached hydrogen (secondary N) is 1. The number of hydrogen-bond acceptors (Lipinski definition) is 5. The van der Waals surface area contributed by atoms with Crippen LogP contribution in [0.3, 0.4) is 0 Å². The van der Waals surface area contributed by atoms with Crippen molar-refractivity contribution in [3.05, 3.63) is 48.4 Å². The van der Waals surface area contributed by atoms with E-state index in [-0.39, 0.29) is 4.90 Å². The van der Waals surface area contributed by atoms with Gasteiger partial charge in [-0.2, -0.15) is 4.31 Å². The van der Waals surface area contributed by atoms with Crippen LogP contribution in [0.2, 0.25) is 0 Å². The van der Waals surface area contributed by atoms with Crippen LogP contribution in [0.15, 0.2) is 47.8 Å². The van der Waals surface area contributed by atoms with E-state index >= 15 is 0 Å². The first-order valence-corrected chi connectivity index (χ1v) is 10.5. The number of aromatic amines is 1. The average Bonchev–Trinajstić information content (AvgIpc) is 3.12. The van der Waals surface area contributed by atoms with E-state index in [0.29, 0.717) is 19.0 Å². The van der Waals surface area contributed by atoms with Gasteiger partial charge in [-0.05, 0) is 48.6 Å². The van der Waals surface area contributed by atoms with Crippen molar-refractivity contribution in [3.63, 3.8) is 0 Å². The Morgan fingerprint density at radius 1 is 1.15 bits per heavy atom. The van der Waals surface area contributed by atoms with Crippen LogP contribution in [0.1, 0.15) is 24.3 Å². The van der Waals surface area contributed by atoms with Crippen LogP contribution < -0.4 is 4.90 Å². The minimum absolute atomic E-state index is 0.253. The zero-order valence-corrected chi connectivity index (χ0v) is 16.3. The predicted molar refractivity (Wildman–Crippen MR) is 105 cm³/mol. The molecule has 0 unspecified atom stereocenters. The summed E-state index contributed by atoms with van der Waals surface area (Å²) >= 11 is 0. The topological polar surface area (TPSA) is 82.2 Å². The molecular formula is C19H23N5O2S. The molecule has 1 fully saturated rings. The molecule has 27 heavy (non-hydrogen) atoms. The summed E-state index contributed by atoms with van der Waals surface area (Å²) in [5, 5.41) is 1.13. The van der Waals surface area contributed by atoms with Crippen molar-refractivity contribution in [1.29, 1.82) is 0 Å². The molecule has 1 saturated heterocycles. The van der Waals surface area contributed by atoms with E-state index in [9.17, 15) is 8.42 Å². The molecule has 0 saturated carbocycles. The third-order valence-electron chi connectivity index (χ3n) is 5.19. The third-order valence-corrected chi connectivity index (χ3v) is 7.08. The summed E-state index contributed by atoms with van der Waals surface area (Å²) in [6, 6.07) is 7.37. The standard InChI is InChI=1S/C19H23N5O2S/c1-23(2)18-6-5-15(12-21-18)27(25,26)24-10-7-14(8-11-24)17-13-22-19-16(17)4-3-9-20-19/h3-6,9,12-14H,7-8,10-11H2,1-2H3,(H,20,22). The maximum absolute atomic E-state index is 12.9. The Bertz CT molecular complexity index is 1040. The summed E-state index contributed by atoms with van der Waals surface area (Å²) in [5.74, 6) is 1.07. The second-order valence-corrected chi connectivity index (χ2v) is 9.01. The van der Waals surface area contributed by atoms with Gasteiger partial charge in [-0.25, -0.2) is 18.4 Å². The highest BCUT2D eigenvalue weighted by molar-refractivity contribution is 7.89. The number of nitrogens with zero attached hydrogens (tertiary/aromatic N) is 4. The molecule has 4 heterocycles. The van der Waals surface area contributed by atoms with Gasteiger partial charge in [0.15, 0.2) is 0 Å².